The predicted octanol–water partition coefficient (Wildman–Crippen LogP) is 7.66. The number of benzene rings is 3. The Hall–Kier alpha value is -2.20. The number of hydrogen-bond donors (Lipinski definition) is 0. The second kappa shape index (κ2) is 11.1. The minimum absolute atomic E-state index is 0.543. The molecule has 3 aromatic rings. The molecule has 0 aliphatic carbocycles. The Balaban J connectivity index is 1.74. The van der Waals surface area contributed by atoms with Crippen LogP contribution in [-0.4, -0.2) is 19.8 Å². The molecule has 3 nitrogen and oxygen atoms in total. The molecule has 0 spiro atoms. The van der Waals surface area contributed by atoms with E-state index in [4.69, 9.17) is 32.7 Å². The average Bonchev–Trinajstić information content (AvgIpc) is 2.74. The summed E-state index contributed by atoms with van der Waals surface area (Å²) in [6.45, 7) is 4.08. The Morgan fingerprint density at radius 2 is 1.14 bits per heavy atom. The van der Waals surface area contributed by atoms with Crippen LogP contribution < -0.4 is 9.64 Å². The molecule has 0 amide bonds. The zero-order valence-corrected chi connectivity index (χ0v) is 18.0. The quantitative estimate of drug-likeness (QED) is 0.308. The third kappa shape index (κ3) is 6.40. The van der Waals surface area contributed by atoms with Crippen molar-refractivity contribution in [2.75, 3.05) is 24.7 Å². The van der Waals surface area contributed by atoms with Gasteiger partial charge in [0.15, 0.2) is 0 Å². The lowest BCUT2D eigenvalue weighted by Crippen LogP contribution is -2.10. The van der Waals surface area contributed by atoms with Crippen LogP contribution in [0.5, 0.6) is 5.75 Å². The number of ether oxygens (including phenoxy) is 2. The maximum atomic E-state index is 6.08. The smallest absolute Gasteiger partial charge is 0.119 e. The molecule has 0 radical (unpaired) electrons. The number of rotatable bonds is 10. The van der Waals surface area contributed by atoms with Crippen molar-refractivity contribution in [2.45, 2.75) is 19.8 Å². The molecule has 152 valence electrons. The van der Waals surface area contributed by atoms with E-state index in [0.29, 0.717) is 23.3 Å². The largest absolute Gasteiger partial charge is 0.491 e. The van der Waals surface area contributed by atoms with Gasteiger partial charge in [0.1, 0.15) is 12.4 Å². The first-order valence-corrected chi connectivity index (χ1v) is 10.5. The van der Waals surface area contributed by atoms with E-state index in [1.807, 2.05) is 72.8 Å². The van der Waals surface area contributed by atoms with Crippen LogP contribution >= 0.6 is 23.2 Å². The topological polar surface area (TPSA) is 21.7 Å². The number of anilines is 3. The monoisotopic (exact) mass is 429 g/mol. The molecule has 3 rings (SSSR count). The molecule has 0 aliphatic rings. The van der Waals surface area contributed by atoms with Gasteiger partial charge in [0, 0.05) is 33.7 Å². The van der Waals surface area contributed by atoms with E-state index in [1.54, 1.807) is 0 Å². The van der Waals surface area contributed by atoms with Gasteiger partial charge in [-0.25, -0.2) is 0 Å². The lowest BCUT2D eigenvalue weighted by Gasteiger charge is -2.25. The number of halogens is 2. The van der Waals surface area contributed by atoms with Crippen molar-refractivity contribution in [3.8, 4) is 5.75 Å². The third-order valence-electron chi connectivity index (χ3n) is 4.40. The highest BCUT2D eigenvalue weighted by Gasteiger charge is 2.12. The number of hydrogen-bond acceptors (Lipinski definition) is 3. The van der Waals surface area contributed by atoms with Crippen LogP contribution in [0.3, 0.4) is 0 Å². The number of unbranched alkanes of at least 4 members (excludes halogenated alkanes) is 1. The van der Waals surface area contributed by atoms with Crippen LogP contribution in [0.2, 0.25) is 10.0 Å². The van der Waals surface area contributed by atoms with E-state index in [9.17, 15) is 0 Å². The van der Waals surface area contributed by atoms with Gasteiger partial charge in [-0.05, 0) is 79.2 Å². The van der Waals surface area contributed by atoms with Gasteiger partial charge in [-0.1, -0.05) is 36.5 Å². The lowest BCUT2D eigenvalue weighted by atomic mass is 10.2. The molecule has 0 saturated heterocycles. The minimum atomic E-state index is 0.543. The van der Waals surface area contributed by atoms with E-state index in [-0.39, 0.29) is 0 Å². The molecule has 0 aliphatic heterocycles. The summed E-state index contributed by atoms with van der Waals surface area (Å²) in [5.41, 5.74) is 3.03. The molecule has 0 unspecified atom stereocenters. The molecule has 29 heavy (non-hydrogen) atoms. The summed E-state index contributed by atoms with van der Waals surface area (Å²) in [4.78, 5) is 2.14. The van der Waals surface area contributed by atoms with E-state index in [0.717, 1.165) is 42.3 Å². The number of nitrogens with zero attached hydrogens (tertiary/aromatic N) is 1. The predicted molar refractivity (Wildman–Crippen MR) is 122 cm³/mol. The van der Waals surface area contributed by atoms with E-state index < -0.39 is 0 Å². The van der Waals surface area contributed by atoms with Crippen molar-refractivity contribution in [3.05, 3.63) is 82.8 Å². The van der Waals surface area contributed by atoms with Gasteiger partial charge >= 0.3 is 0 Å². The normalized spacial score (nSPS) is 10.7. The van der Waals surface area contributed by atoms with E-state index in [1.165, 1.54) is 0 Å². The fourth-order valence-electron chi connectivity index (χ4n) is 2.89. The van der Waals surface area contributed by atoms with Crippen LogP contribution in [0.15, 0.2) is 72.8 Å². The molecular weight excluding hydrogens is 405 g/mol. The van der Waals surface area contributed by atoms with Gasteiger partial charge < -0.3 is 14.4 Å². The van der Waals surface area contributed by atoms with Crippen molar-refractivity contribution >= 4 is 40.3 Å². The summed E-state index contributed by atoms with van der Waals surface area (Å²) < 4.78 is 11.3. The van der Waals surface area contributed by atoms with Gasteiger partial charge in [0.05, 0.1) is 6.61 Å². The summed E-state index contributed by atoms with van der Waals surface area (Å²) in [7, 11) is 0. The summed E-state index contributed by atoms with van der Waals surface area (Å²) in [5, 5.41) is 1.41. The van der Waals surface area contributed by atoms with Crippen LogP contribution in [0.4, 0.5) is 17.1 Å². The van der Waals surface area contributed by atoms with Gasteiger partial charge in [0.2, 0.25) is 0 Å². The van der Waals surface area contributed by atoms with Crippen molar-refractivity contribution in [1.29, 1.82) is 0 Å². The van der Waals surface area contributed by atoms with E-state index >= 15 is 0 Å². The summed E-state index contributed by atoms with van der Waals surface area (Å²) >= 11 is 12.2. The Bertz CT molecular complexity index is 819. The first-order valence-electron chi connectivity index (χ1n) is 9.79. The fourth-order valence-corrected chi connectivity index (χ4v) is 3.14. The molecule has 0 atom stereocenters. The van der Waals surface area contributed by atoms with Gasteiger partial charge in [-0.15, -0.1) is 0 Å². The molecule has 0 heterocycles. The van der Waals surface area contributed by atoms with Gasteiger partial charge in [-0.2, -0.15) is 0 Å². The minimum Gasteiger partial charge on any atom is -0.491 e. The van der Waals surface area contributed by atoms with E-state index in [2.05, 4.69) is 11.8 Å². The van der Waals surface area contributed by atoms with Crippen molar-refractivity contribution in [2.24, 2.45) is 0 Å². The molecule has 0 aromatic heterocycles. The van der Waals surface area contributed by atoms with Gasteiger partial charge in [0.25, 0.3) is 0 Å². The fraction of sp³-hybridized carbons (Fsp3) is 0.250. The molecule has 0 N–H and O–H groups in total. The van der Waals surface area contributed by atoms with Crippen LogP contribution in [0, 0.1) is 0 Å². The highest BCUT2D eigenvalue weighted by atomic mass is 35.5. The molecule has 3 aromatic carbocycles. The lowest BCUT2D eigenvalue weighted by molar-refractivity contribution is 0.0981. The first kappa shape index (κ1) is 21.5. The SMILES string of the molecule is CCCCOCCOc1ccc(N(c2ccc(Cl)cc2)c2ccc(Cl)cc2)cc1. The van der Waals surface area contributed by atoms with Crippen LogP contribution in [0.25, 0.3) is 0 Å². The second-order valence-corrected chi connectivity index (χ2v) is 7.47. The Kier molecular flexibility index (Phi) is 8.24. The third-order valence-corrected chi connectivity index (χ3v) is 4.91. The maximum Gasteiger partial charge on any atom is 0.119 e. The molecule has 0 saturated carbocycles. The molecule has 5 heteroatoms. The summed E-state index contributed by atoms with van der Waals surface area (Å²) in [5.74, 6) is 0.819. The standard InChI is InChI=1S/C24H25Cl2NO2/c1-2-3-16-28-17-18-29-24-14-12-23(13-15-24)27(21-8-4-19(25)5-9-21)22-10-6-20(26)7-11-22/h4-15H,2-3,16-18H2,1H3. The highest BCUT2D eigenvalue weighted by Crippen LogP contribution is 2.36. The summed E-state index contributed by atoms with van der Waals surface area (Å²) in [6.07, 6.45) is 2.22. The first-order chi connectivity index (χ1) is 14.2. The van der Waals surface area contributed by atoms with Crippen molar-refractivity contribution in [3.63, 3.8) is 0 Å². The van der Waals surface area contributed by atoms with Crippen molar-refractivity contribution in [1.82, 2.24) is 0 Å². The summed E-state index contributed by atoms with van der Waals surface area (Å²) in [6, 6.07) is 23.5. The molecule has 0 bridgehead atoms. The maximum absolute atomic E-state index is 6.08. The average molecular weight is 430 g/mol. The zero-order valence-electron chi connectivity index (χ0n) is 16.5. The van der Waals surface area contributed by atoms with Crippen LogP contribution in [-0.2, 0) is 4.74 Å². The zero-order chi connectivity index (χ0) is 20.5. The molecule has 0 fully saturated rings. The van der Waals surface area contributed by atoms with Crippen molar-refractivity contribution < 1.29 is 9.47 Å². The Labute approximate surface area is 182 Å². The van der Waals surface area contributed by atoms with Crippen LogP contribution in [0.1, 0.15) is 19.8 Å². The second-order valence-electron chi connectivity index (χ2n) is 6.60. The van der Waals surface area contributed by atoms with Gasteiger partial charge in [-0.3, -0.25) is 0 Å². The highest BCUT2D eigenvalue weighted by molar-refractivity contribution is 6.31. The Morgan fingerprint density at radius 1 is 0.655 bits per heavy atom. The molecular formula is C24H25Cl2NO2. The Morgan fingerprint density at radius 3 is 1.62 bits per heavy atom.